The molecule has 1 aromatic carbocycles. The van der Waals surface area contributed by atoms with Crippen molar-refractivity contribution in [3.63, 3.8) is 0 Å². The second-order valence-electron chi connectivity index (χ2n) is 5.77. The first-order chi connectivity index (χ1) is 11.2. The monoisotopic (exact) mass is 310 g/mol. The van der Waals surface area contributed by atoms with Crippen LogP contribution in [0.25, 0.3) is 0 Å². The van der Waals surface area contributed by atoms with Gasteiger partial charge in [-0.1, -0.05) is 18.2 Å². The van der Waals surface area contributed by atoms with Gasteiger partial charge in [-0.3, -0.25) is 4.98 Å². The quantitative estimate of drug-likeness (QED) is 0.947. The van der Waals surface area contributed by atoms with E-state index in [0.717, 1.165) is 31.7 Å². The molecule has 0 bridgehead atoms. The van der Waals surface area contributed by atoms with Gasteiger partial charge in [0.2, 0.25) is 0 Å². The first-order valence-electron chi connectivity index (χ1n) is 7.96. The lowest BCUT2D eigenvalue weighted by molar-refractivity contribution is 0.194. The predicted octanol–water partition coefficient (Wildman–Crippen LogP) is 2.42. The number of hydrogen-bond donors (Lipinski definition) is 1. The zero-order chi connectivity index (χ0) is 16.1. The number of aromatic nitrogens is 1. The highest BCUT2D eigenvalue weighted by molar-refractivity contribution is 5.74. The van der Waals surface area contributed by atoms with E-state index in [-0.39, 0.29) is 6.03 Å². The van der Waals surface area contributed by atoms with E-state index < -0.39 is 0 Å². The third-order valence-corrected chi connectivity index (χ3v) is 4.22. The summed E-state index contributed by atoms with van der Waals surface area (Å²) >= 11 is 0. The minimum atomic E-state index is 0.00578. The summed E-state index contributed by atoms with van der Waals surface area (Å²) in [7, 11) is 0. The van der Waals surface area contributed by atoms with E-state index in [1.807, 2.05) is 17.0 Å². The molecular weight excluding hydrogens is 288 g/mol. The van der Waals surface area contributed by atoms with Crippen molar-refractivity contribution in [3.05, 3.63) is 59.9 Å². The van der Waals surface area contributed by atoms with Gasteiger partial charge in [-0.25, -0.2) is 4.79 Å². The first kappa shape index (κ1) is 15.3. The van der Waals surface area contributed by atoms with Crippen LogP contribution in [0, 0.1) is 6.92 Å². The van der Waals surface area contributed by atoms with E-state index in [9.17, 15) is 4.79 Å². The second-order valence-corrected chi connectivity index (χ2v) is 5.77. The number of nitrogens with zero attached hydrogens (tertiary/aromatic N) is 3. The summed E-state index contributed by atoms with van der Waals surface area (Å²) in [5.41, 5.74) is 3.61. The number of rotatable bonds is 3. The van der Waals surface area contributed by atoms with Crippen LogP contribution in [-0.2, 0) is 6.54 Å². The Labute approximate surface area is 136 Å². The molecule has 0 radical (unpaired) electrons. The van der Waals surface area contributed by atoms with Crippen LogP contribution in [0.15, 0.2) is 48.8 Å². The van der Waals surface area contributed by atoms with Gasteiger partial charge in [0.1, 0.15) is 0 Å². The summed E-state index contributed by atoms with van der Waals surface area (Å²) < 4.78 is 0. The molecule has 2 aromatic rings. The zero-order valence-electron chi connectivity index (χ0n) is 13.4. The molecule has 1 aliphatic rings. The molecule has 2 heterocycles. The van der Waals surface area contributed by atoms with Crippen molar-refractivity contribution in [2.75, 3.05) is 31.1 Å². The van der Waals surface area contributed by atoms with E-state index >= 15 is 0 Å². The molecule has 120 valence electrons. The molecule has 0 spiro atoms. The number of carbonyl (C=O) groups excluding carboxylic acids is 1. The van der Waals surface area contributed by atoms with Gasteiger partial charge >= 0.3 is 6.03 Å². The largest absolute Gasteiger partial charge is 0.368 e. The highest BCUT2D eigenvalue weighted by Gasteiger charge is 2.21. The molecule has 5 heteroatoms. The number of anilines is 1. The van der Waals surface area contributed by atoms with Crippen LogP contribution >= 0.6 is 0 Å². The molecule has 2 amide bonds. The summed E-state index contributed by atoms with van der Waals surface area (Å²) in [5.74, 6) is 0. The maximum atomic E-state index is 12.3. The summed E-state index contributed by atoms with van der Waals surface area (Å²) in [6, 6.07) is 12.2. The van der Waals surface area contributed by atoms with Crippen LogP contribution in [0.2, 0.25) is 0 Å². The number of piperazine rings is 1. The Kier molecular flexibility index (Phi) is 4.76. The van der Waals surface area contributed by atoms with Crippen molar-refractivity contribution < 1.29 is 4.79 Å². The number of pyridine rings is 1. The third kappa shape index (κ3) is 3.80. The van der Waals surface area contributed by atoms with Crippen LogP contribution in [0.1, 0.15) is 11.1 Å². The lowest BCUT2D eigenvalue weighted by atomic mass is 10.1. The molecule has 1 N–H and O–H groups in total. The molecule has 0 aliphatic carbocycles. The number of amides is 2. The number of carbonyl (C=O) groups is 1. The van der Waals surface area contributed by atoms with Gasteiger partial charge in [-0.2, -0.15) is 0 Å². The average Bonchev–Trinajstić information content (AvgIpc) is 2.61. The average molecular weight is 310 g/mol. The lowest BCUT2D eigenvalue weighted by Crippen LogP contribution is -2.51. The molecule has 1 saturated heterocycles. The Bertz CT molecular complexity index is 651. The molecule has 23 heavy (non-hydrogen) atoms. The topological polar surface area (TPSA) is 48.5 Å². The number of hydrogen-bond acceptors (Lipinski definition) is 3. The van der Waals surface area contributed by atoms with E-state index in [1.54, 1.807) is 12.4 Å². The van der Waals surface area contributed by atoms with Crippen molar-refractivity contribution in [2.24, 2.45) is 0 Å². The predicted molar refractivity (Wildman–Crippen MR) is 91.4 cm³/mol. The Morgan fingerprint density at radius 2 is 1.78 bits per heavy atom. The molecule has 1 aliphatic heterocycles. The molecule has 1 aromatic heterocycles. The van der Waals surface area contributed by atoms with Crippen molar-refractivity contribution in [1.29, 1.82) is 0 Å². The van der Waals surface area contributed by atoms with Gasteiger partial charge in [-0.15, -0.1) is 0 Å². The maximum Gasteiger partial charge on any atom is 0.317 e. The number of nitrogens with one attached hydrogen (secondary N) is 1. The van der Waals surface area contributed by atoms with Crippen LogP contribution < -0.4 is 10.2 Å². The maximum absolute atomic E-state index is 12.3. The van der Waals surface area contributed by atoms with Crippen molar-refractivity contribution in [1.82, 2.24) is 15.2 Å². The van der Waals surface area contributed by atoms with Gasteiger partial charge in [0.05, 0.1) is 0 Å². The van der Waals surface area contributed by atoms with E-state index in [2.05, 4.69) is 46.4 Å². The third-order valence-electron chi connectivity index (χ3n) is 4.22. The fourth-order valence-corrected chi connectivity index (χ4v) is 2.86. The normalized spacial score (nSPS) is 14.7. The van der Waals surface area contributed by atoms with Crippen LogP contribution in [-0.4, -0.2) is 42.1 Å². The molecule has 0 saturated carbocycles. The Morgan fingerprint density at radius 3 is 2.48 bits per heavy atom. The second kappa shape index (κ2) is 7.13. The SMILES string of the molecule is Cc1ccccc1N1CCN(C(=O)NCc2ccncc2)CC1. The molecule has 3 rings (SSSR count). The van der Waals surface area contributed by atoms with Gasteiger partial charge in [0, 0.05) is 50.8 Å². The summed E-state index contributed by atoms with van der Waals surface area (Å²) in [4.78, 5) is 20.5. The minimum absolute atomic E-state index is 0.00578. The smallest absolute Gasteiger partial charge is 0.317 e. The molecule has 5 nitrogen and oxygen atoms in total. The Hall–Kier alpha value is -2.56. The van der Waals surface area contributed by atoms with Gasteiger partial charge in [0.15, 0.2) is 0 Å². The summed E-state index contributed by atoms with van der Waals surface area (Å²) in [6.07, 6.45) is 3.48. The lowest BCUT2D eigenvalue weighted by Gasteiger charge is -2.36. The van der Waals surface area contributed by atoms with Gasteiger partial charge < -0.3 is 15.1 Å². The minimum Gasteiger partial charge on any atom is -0.368 e. The van der Waals surface area contributed by atoms with Crippen LogP contribution in [0.5, 0.6) is 0 Å². The van der Waals surface area contributed by atoms with Gasteiger partial charge in [0.25, 0.3) is 0 Å². The van der Waals surface area contributed by atoms with Crippen LogP contribution in [0.3, 0.4) is 0 Å². The fraction of sp³-hybridized carbons (Fsp3) is 0.333. The van der Waals surface area contributed by atoms with Crippen molar-refractivity contribution in [2.45, 2.75) is 13.5 Å². The molecule has 0 atom stereocenters. The van der Waals surface area contributed by atoms with Crippen LogP contribution in [0.4, 0.5) is 10.5 Å². The Balaban J connectivity index is 1.50. The summed E-state index contributed by atoms with van der Waals surface area (Å²) in [5, 5.41) is 2.98. The number of para-hydroxylation sites is 1. The van der Waals surface area contributed by atoms with E-state index in [0.29, 0.717) is 6.54 Å². The fourth-order valence-electron chi connectivity index (χ4n) is 2.86. The number of benzene rings is 1. The molecule has 1 fully saturated rings. The van der Waals surface area contributed by atoms with E-state index in [4.69, 9.17) is 0 Å². The number of aryl methyl sites for hydroxylation is 1. The van der Waals surface area contributed by atoms with Crippen molar-refractivity contribution in [3.8, 4) is 0 Å². The van der Waals surface area contributed by atoms with E-state index in [1.165, 1.54) is 11.3 Å². The first-order valence-corrected chi connectivity index (χ1v) is 7.96. The summed E-state index contributed by atoms with van der Waals surface area (Å²) in [6.45, 7) is 5.90. The standard InChI is InChI=1S/C18H22N4O/c1-15-4-2-3-5-17(15)21-10-12-22(13-11-21)18(23)20-14-16-6-8-19-9-7-16/h2-9H,10-14H2,1H3,(H,20,23). The zero-order valence-corrected chi connectivity index (χ0v) is 13.4. The Morgan fingerprint density at radius 1 is 1.09 bits per heavy atom. The highest BCUT2D eigenvalue weighted by Crippen LogP contribution is 2.20. The highest BCUT2D eigenvalue weighted by atomic mass is 16.2. The number of urea groups is 1. The van der Waals surface area contributed by atoms with Crippen molar-refractivity contribution >= 4 is 11.7 Å². The molecule has 0 unspecified atom stereocenters. The van der Waals surface area contributed by atoms with Gasteiger partial charge in [-0.05, 0) is 36.2 Å². The molecular formula is C18H22N4O.